The quantitative estimate of drug-likeness (QED) is 0.197. The Labute approximate surface area is 179 Å². The molecule has 0 saturated heterocycles. The summed E-state index contributed by atoms with van der Waals surface area (Å²) in [5.41, 5.74) is 1.45. The second-order valence-corrected chi connectivity index (χ2v) is 6.79. The molecule has 0 bridgehead atoms. The number of nitrogens with one attached hydrogen (secondary N) is 2. The molecule has 1 aromatic heterocycles. The number of Topliss-reactive ketones (excluding diaryl/α,β-unsaturated/α-hetero) is 1. The minimum atomic E-state index is -0.545. The molecular weight excluding hydrogens is 398 g/mol. The van der Waals surface area contributed by atoms with E-state index in [9.17, 15) is 14.9 Å². The molecule has 1 heterocycles. The molecule has 160 valence electrons. The number of aromatic nitrogens is 2. The minimum Gasteiger partial charge on any atom is -0.494 e. The van der Waals surface area contributed by atoms with E-state index >= 15 is 0 Å². The van der Waals surface area contributed by atoms with E-state index in [1.165, 1.54) is 13.3 Å². The lowest BCUT2D eigenvalue weighted by Crippen LogP contribution is -2.05. The summed E-state index contributed by atoms with van der Waals surface area (Å²) in [5.74, 6) is 0.764. The van der Waals surface area contributed by atoms with Crippen molar-refractivity contribution in [2.24, 2.45) is 0 Å². The van der Waals surface area contributed by atoms with Crippen LogP contribution in [-0.2, 0) is 0 Å². The van der Waals surface area contributed by atoms with E-state index in [-0.39, 0.29) is 23.1 Å². The number of ketones is 1. The van der Waals surface area contributed by atoms with Crippen LogP contribution in [0.5, 0.6) is 5.75 Å². The van der Waals surface area contributed by atoms with Crippen molar-refractivity contribution in [2.45, 2.75) is 26.7 Å². The second-order valence-electron chi connectivity index (χ2n) is 6.79. The van der Waals surface area contributed by atoms with Gasteiger partial charge in [-0.2, -0.15) is 0 Å². The van der Waals surface area contributed by atoms with Crippen LogP contribution in [0.4, 0.5) is 28.7 Å². The van der Waals surface area contributed by atoms with Gasteiger partial charge in [0.2, 0.25) is 11.6 Å². The highest BCUT2D eigenvalue weighted by Crippen LogP contribution is 2.33. The number of ether oxygens (including phenoxy) is 1. The molecule has 0 fully saturated rings. The summed E-state index contributed by atoms with van der Waals surface area (Å²) in [5, 5.41) is 17.6. The number of hydrogen-bond donors (Lipinski definition) is 2. The molecule has 0 atom stereocenters. The molecule has 0 aliphatic heterocycles. The Morgan fingerprint density at radius 2 is 1.55 bits per heavy atom. The maximum atomic E-state index is 11.7. The Hall–Kier alpha value is -4.01. The first-order valence-electron chi connectivity index (χ1n) is 9.85. The highest BCUT2D eigenvalue weighted by Gasteiger charge is 2.23. The SMILES string of the molecule is CCCCOc1ccc(Nc2ncnc(Nc3ccc(C(C)=O)cc3)c2[N+](=O)[O-])cc1. The fourth-order valence-corrected chi connectivity index (χ4v) is 2.77. The Bertz CT molecular complexity index is 1050. The molecule has 2 N–H and O–H groups in total. The minimum absolute atomic E-state index is 0.0394. The van der Waals surface area contributed by atoms with E-state index in [4.69, 9.17) is 4.74 Å². The van der Waals surface area contributed by atoms with Crippen LogP contribution in [0.1, 0.15) is 37.0 Å². The van der Waals surface area contributed by atoms with E-state index in [1.54, 1.807) is 48.5 Å². The van der Waals surface area contributed by atoms with Crippen molar-refractivity contribution in [1.29, 1.82) is 0 Å². The van der Waals surface area contributed by atoms with Gasteiger partial charge in [0.1, 0.15) is 12.1 Å². The molecule has 3 rings (SSSR count). The first-order chi connectivity index (χ1) is 15.0. The van der Waals surface area contributed by atoms with Crippen LogP contribution in [0.25, 0.3) is 0 Å². The Kier molecular flexibility index (Phi) is 7.10. The summed E-state index contributed by atoms with van der Waals surface area (Å²) in [4.78, 5) is 30.7. The molecular formula is C22H23N5O4. The monoisotopic (exact) mass is 421 g/mol. The Balaban J connectivity index is 1.80. The first-order valence-corrected chi connectivity index (χ1v) is 9.85. The van der Waals surface area contributed by atoms with Crippen molar-refractivity contribution in [3.8, 4) is 5.75 Å². The Morgan fingerprint density at radius 3 is 2.03 bits per heavy atom. The van der Waals surface area contributed by atoms with Crippen LogP contribution in [0, 0.1) is 10.1 Å². The van der Waals surface area contributed by atoms with Gasteiger partial charge in [0.25, 0.3) is 0 Å². The van der Waals surface area contributed by atoms with Crippen molar-refractivity contribution in [3.63, 3.8) is 0 Å². The zero-order valence-corrected chi connectivity index (χ0v) is 17.3. The van der Waals surface area contributed by atoms with E-state index in [0.29, 0.717) is 23.5 Å². The van der Waals surface area contributed by atoms with Crippen molar-refractivity contribution in [2.75, 3.05) is 17.2 Å². The van der Waals surface area contributed by atoms with Crippen LogP contribution < -0.4 is 15.4 Å². The lowest BCUT2D eigenvalue weighted by molar-refractivity contribution is -0.383. The third-order valence-corrected chi connectivity index (χ3v) is 4.44. The first kappa shape index (κ1) is 21.7. The standard InChI is InChI=1S/C22H23N5O4/c1-3-4-13-31-19-11-9-18(10-12-19)26-22-20(27(29)30)21(23-14-24-22)25-17-7-5-16(6-8-17)15(2)28/h5-12,14H,3-4,13H2,1-2H3,(H2,23,24,25,26). The summed E-state index contributed by atoms with van der Waals surface area (Å²) in [7, 11) is 0. The second kappa shape index (κ2) is 10.1. The average Bonchev–Trinajstić information content (AvgIpc) is 2.75. The lowest BCUT2D eigenvalue weighted by Gasteiger charge is -2.11. The van der Waals surface area contributed by atoms with Gasteiger partial charge in [-0.25, -0.2) is 9.97 Å². The number of nitrogens with zero attached hydrogens (tertiary/aromatic N) is 3. The predicted molar refractivity (Wildman–Crippen MR) is 119 cm³/mol. The maximum Gasteiger partial charge on any atom is 0.353 e. The fraction of sp³-hybridized carbons (Fsp3) is 0.227. The summed E-state index contributed by atoms with van der Waals surface area (Å²) in [6.07, 6.45) is 3.26. The molecule has 0 saturated carbocycles. The van der Waals surface area contributed by atoms with Gasteiger partial charge in [-0.1, -0.05) is 13.3 Å². The van der Waals surface area contributed by atoms with Gasteiger partial charge in [-0.05, 0) is 61.9 Å². The number of nitro groups is 1. The highest BCUT2D eigenvalue weighted by atomic mass is 16.6. The molecule has 0 unspecified atom stereocenters. The van der Waals surface area contributed by atoms with Crippen molar-refractivity contribution >= 4 is 34.5 Å². The number of unbranched alkanes of at least 4 members (excludes halogenated alkanes) is 1. The number of anilines is 4. The lowest BCUT2D eigenvalue weighted by atomic mass is 10.1. The summed E-state index contributed by atoms with van der Waals surface area (Å²) in [6, 6.07) is 13.7. The van der Waals surface area contributed by atoms with Crippen LogP contribution in [0.2, 0.25) is 0 Å². The van der Waals surface area contributed by atoms with Crippen LogP contribution in [0.3, 0.4) is 0 Å². The highest BCUT2D eigenvalue weighted by molar-refractivity contribution is 5.94. The molecule has 9 nitrogen and oxygen atoms in total. The van der Waals surface area contributed by atoms with E-state index in [2.05, 4.69) is 27.5 Å². The fourth-order valence-electron chi connectivity index (χ4n) is 2.77. The zero-order chi connectivity index (χ0) is 22.2. The molecule has 2 aromatic carbocycles. The van der Waals surface area contributed by atoms with Crippen LogP contribution in [0.15, 0.2) is 54.9 Å². The van der Waals surface area contributed by atoms with Gasteiger partial charge in [-0.3, -0.25) is 14.9 Å². The van der Waals surface area contributed by atoms with Gasteiger partial charge < -0.3 is 15.4 Å². The average molecular weight is 421 g/mol. The van der Waals surface area contributed by atoms with Gasteiger partial charge in [-0.15, -0.1) is 0 Å². The number of carbonyl (C=O) groups excluding carboxylic acids is 1. The molecule has 0 radical (unpaired) electrons. The topological polar surface area (TPSA) is 119 Å². The third kappa shape index (κ3) is 5.75. The molecule has 3 aromatic rings. The van der Waals surface area contributed by atoms with E-state index in [0.717, 1.165) is 18.6 Å². The summed E-state index contributed by atoms with van der Waals surface area (Å²) >= 11 is 0. The molecule has 0 amide bonds. The van der Waals surface area contributed by atoms with E-state index < -0.39 is 4.92 Å². The van der Waals surface area contributed by atoms with Crippen molar-refractivity contribution in [1.82, 2.24) is 9.97 Å². The number of benzene rings is 2. The summed E-state index contributed by atoms with van der Waals surface area (Å²) in [6.45, 7) is 4.21. The van der Waals surface area contributed by atoms with Crippen LogP contribution in [-0.4, -0.2) is 27.3 Å². The van der Waals surface area contributed by atoms with Gasteiger partial charge in [0, 0.05) is 16.9 Å². The number of hydrogen-bond acceptors (Lipinski definition) is 8. The van der Waals surface area contributed by atoms with Gasteiger partial charge in [0.15, 0.2) is 5.78 Å². The van der Waals surface area contributed by atoms with Crippen LogP contribution >= 0.6 is 0 Å². The molecule has 0 aliphatic carbocycles. The third-order valence-electron chi connectivity index (χ3n) is 4.44. The zero-order valence-electron chi connectivity index (χ0n) is 17.3. The smallest absolute Gasteiger partial charge is 0.353 e. The normalized spacial score (nSPS) is 10.4. The molecule has 0 spiro atoms. The van der Waals surface area contributed by atoms with E-state index in [1.807, 2.05) is 0 Å². The van der Waals surface area contributed by atoms with Gasteiger partial charge >= 0.3 is 5.69 Å². The molecule has 31 heavy (non-hydrogen) atoms. The predicted octanol–water partition coefficient (Wildman–Crippen LogP) is 5.25. The number of rotatable bonds is 10. The van der Waals surface area contributed by atoms with Gasteiger partial charge in [0.05, 0.1) is 11.5 Å². The maximum absolute atomic E-state index is 11.7. The molecule has 9 heteroatoms. The molecule has 0 aliphatic rings. The summed E-state index contributed by atoms with van der Waals surface area (Å²) < 4.78 is 5.63. The Morgan fingerprint density at radius 1 is 1.00 bits per heavy atom. The van der Waals surface area contributed by atoms with Crippen molar-refractivity contribution in [3.05, 3.63) is 70.5 Å². The number of carbonyl (C=O) groups is 1. The van der Waals surface area contributed by atoms with Crippen molar-refractivity contribution < 1.29 is 14.5 Å². The largest absolute Gasteiger partial charge is 0.494 e.